The molecule has 0 saturated carbocycles. The Bertz CT molecular complexity index is 3540. The fourth-order valence-electron chi connectivity index (χ4n) is 10.7. The van der Waals surface area contributed by atoms with E-state index in [1.165, 1.54) is 88.0 Å². The van der Waals surface area contributed by atoms with Crippen LogP contribution < -0.4 is 0 Å². The number of benzene rings is 10. The van der Waals surface area contributed by atoms with Crippen molar-refractivity contribution in [3.8, 4) is 67.3 Å². The van der Waals surface area contributed by atoms with Crippen molar-refractivity contribution in [2.45, 2.75) is 5.41 Å². The van der Waals surface area contributed by atoms with Crippen LogP contribution in [0.5, 0.6) is 0 Å². The molecule has 10 aromatic carbocycles. The first-order valence-electron chi connectivity index (χ1n) is 21.1. The molecular weight excluding hydrogens is 737 g/mol. The molecule has 61 heavy (non-hydrogen) atoms. The van der Waals surface area contributed by atoms with Crippen molar-refractivity contribution in [2.24, 2.45) is 0 Å². The highest BCUT2D eigenvalue weighted by Gasteiger charge is 2.52. The van der Waals surface area contributed by atoms with Gasteiger partial charge in [0.2, 0.25) is 0 Å². The zero-order chi connectivity index (χ0) is 40.1. The first-order chi connectivity index (χ1) is 30.2. The molecule has 2 aliphatic rings. The van der Waals surface area contributed by atoms with E-state index in [2.05, 4.69) is 212 Å². The number of rotatable bonds is 4. The van der Waals surface area contributed by atoms with E-state index in [4.69, 9.17) is 9.97 Å². The molecule has 0 radical (unpaired) electrons. The lowest BCUT2D eigenvalue weighted by molar-refractivity contribution is 0.794. The van der Waals surface area contributed by atoms with Crippen LogP contribution in [0.25, 0.3) is 99.6 Å². The van der Waals surface area contributed by atoms with Crippen LogP contribution >= 0.6 is 0 Å². The lowest BCUT2D eigenvalue weighted by Gasteiger charge is -2.30. The summed E-state index contributed by atoms with van der Waals surface area (Å²) in [5.41, 5.74) is 17.3. The Labute approximate surface area is 354 Å². The molecule has 2 nitrogen and oxygen atoms in total. The average Bonchev–Trinajstić information content (AvgIpc) is 3.81. The Balaban J connectivity index is 0.976. The molecule has 0 saturated heterocycles. The molecule has 1 heterocycles. The SMILES string of the molecule is c1ccc(-c2nc(-c3ccc(-c4cccc5c4ccc4cc6ccccc6cc45)cc3)cc(-c3cccc4c3-c3ccccc3C43c4ccccc4-c4ccccc43)n2)cc1. The fraction of sp³-hybridized carbons (Fsp3) is 0.0169. The number of aromatic nitrogens is 2. The summed E-state index contributed by atoms with van der Waals surface area (Å²) < 4.78 is 0. The topological polar surface area (TPSA) is 25.8 Å². The largest absolute Gasteiger partial charge is 0.228 e. The lowest BCUT2D eigenvalue weighted by Crippen LogP contribution is -2.25. The number of hydrogen-bond acceptors (Lipinski definition) is 2. The van der Waals surface area contributed by atoms with Crippen molar-refractivity contribution in [3.05, 3.63) is 241 Å². The van der Waals surface area contributed by atoms with Crippen LogP contribution in [0.1, 0.15) is 22.3 Å². The van der Waals surface area contributed by atoms with Crippen LogP contribution in [0.2, 0.25) is 0 Å². The normalized spacial score (nSPS) is 13.0. The number of fused-ring (bicyclic) bond motifs is 14. The van der Waals surface area contributed by atoms with Gasteiger partial charge in [0.15, 0.2) is 5.82 Å². The minimum absolute atomic E-state index is 0.426. The van der Waals surface area contributed by atoms with Gasteiger partial charge in [-0.15, -0.1) is 0 Å². The zero-order valence-electron chi connectivity index (χ0n) is 33.2. The predicted octanol–water partition coefficient (Wildman–Crippen LogP) is 14.9. The van der Waals surface area contributed by atoms with Crippen LogP contribution in [0.15, 0.2) is 218 Å². The maximum Gasteiger partial charge on any atom is 0.160 e. The van der Waals surface area contributed by atoms with Crippen LogP contribution in [0, 0.1) is 0 Å². The molecule has 1 spiro atoms. The third kappa shape index (κ3) is 4.91. The lowest BCUT2D eigenvalue weighted by atomic mass is 9.70. The van der Waals surface area contributed by atoms with Crippen LogP contribution in [-0.2, 0) is 5.41 Å². The molecule has 2 heteroatoms. The van der Waals surface area contributed by atoms with Crippen molar-refractivity contribution in [2.75, 3.05) is 0 Å². The first kappa shape index (κ1) is 34.0. The van der Waals surface area contributed by atoms with Crippen LogP contribution in [0.3, 0.4) is 0 Å². The predicted molar refractivity (Wildman–Crippen MR) is 253 cm³/mol. The quantitative estimate of drug-likeness (QED) is 0.132. The molecule has 0 fully saturated rings. The summed E-state index contributed by atoms with van der Waals surface area (Å²) in [6.07, 6.45) is 0. The maximum atomic E-state index is 5.39. The second-order valence-electron chi connectivity index (χ2n) is 16.4. The highest BCUT2D eigenvalue weighted by molar-refractivity contribution is 6.15. The van der Waals surface area contributed by atoms with Gasteiger partial charge in [0.05, 0.1) is 16.8 Å². The molecule has 0 aliphatic heterocycles. The first-order valence-corrected chi connectivity index (χ1v) is 21.1. The highest BCUT2D eigenvalue weighted by atomic mass is 14.9. The van der Waals surface area contributed by atoms with E-state index in [1.54, 1.807) is 0 Å². The summed E-state index contributed by atoms with van der Waals surface area (Å²) in [7, 11) is 0. The van der Waals surface area contributed by atoms with E-state index < -0.39 is 5.41 Å². The molecule has 0 atom stereocenters. The van der Waals surface area contributed by atoms with E-state index in [9.17, 15) is 0 Å². The second-order valence-corrected chi connectivity index (χ2v) is 16.4. The van der Waals surface area contributed by atoms with E-state index in [0.29, 0.717) is 5.82 Å². The second kappa shape index (κ2) is 13.0. The minimum atomic E-state index is -0.426. The summed E-state index contributed by atoms with van der Waals surface area (Å²) in [4.78, 5) is 10.7. The Hall–Kier alpha value is -7.94. The average molecular weight is 773 g/mol. The molecule has 0 amide bonds. The minimum Gasteiger partial charge on any atom is -0.228 e. The van der Waals surface area contributed by atoms with Crippen molar-refractivity contribution in [1.29, 1.82) is 0 Å². The zero-order valence-corrected chi connectivity index (χ0v) is 33.2. The van der Waals surface area contributed by atoms with E-state index in [0.717, 1.165) is 28.1 Å². The van der Waals surface area contributed by atoms with Gasteiger partial charge in [-0.25, -0.2) is 9.97 Å². The Morgan fingerprint density at radius 3 is 1.59 bits per heavy atom. The molecule has 13 rings (SSSR count). The van der Waals surface area contributed by atoms with Gasteiger partial charge in [-0.3, -0.25) is 0 Å². The van der Waals surface area contributed by atoms with Gasteiger partial charge >= 0.3 is 0 Å². The molecule has 0 N–H and O–H groups in total. The molecule has 282 valence electrons. The molecule has 11 aromatic rings. The molecule has 0 bridgehead atoms. The molecular formula is C59H36N2. The summed E-state index contributed by atoms with van der Waals surface area (Å²) in [5.74, 6) is 0.709. The van der Waals surface area contributed by atoms with Gasteiger partial charge in [0.1, 0.15) is 0 Å². The number of nitrogens with zero attached hydrogens (tertiary/aromatic N) is 2. The maximum absolute atomic E-state index is 5.39. The van der Waals surface area contributed by atoms with Crippen LogP contribution in [-0.4, -0.2) is 9.97 Å². The van der Waals surface area contributed by atoms with Crippen molar-refractivity contribution in [1.82, 2.24) is 9.97 Å². The standard InChI is InChI=1S/C59H36N2/c1-2-14-39(15-3-1)58-60-55(38-30-28-37(29-31-38)43-21-12-22-44-45(43)33-32-42-34-40-16-4-5-17-41(40)35-50(42)44)36-56(61-58)49-23-13-27-54-57(49)48-20-8-11-26-53(48)59(54)51-24-9-6-18-46(51)47-19-7-10-25-52(47)59/h1-36H. The van der Waals surface area contributed by atoms with Gasteiger partial charge in [0, 0.05) is 16.7 Å². The van der Waals surface area contributed by atoms with Crippen molar-refractivity contribution < 1.29 is 0 Å². The van der Waals surface area contributed by atoms with Gasteiger partial charge in [-0.1, -0.05) is 200 Å². The van der Waals surface area contributed by atoms with Gasteiger partial charge in [-0.2, -0.15) is 0 Å². The molecule has 1 aromatic heterocycles. The highest BCUT2D eigenvalue weighted by Crippen LogP contribution is 2.63. The summed E-state index contributed by atoms with van der Waals surface area (Å²) in [6, 6.07) is 79.7. The van der Waals surface area contributed by atoms with E-state index in [1.807, 2.05) is 6.07 Å². The molecule has 0 unspecified atom stereocenters. The fourth-order valence-corrected chi connectivity index (χ4v) is 10.7. The summed E-state index contributed by atoms with van der Waals surface area (Å²) in [6.45, 7) is 0. The summed E-state index contributed by atoms with van der Waals surface area (Å²) >= 11 is 0. The Kier molecular flexibility index (Phi) is 7.26. The smallest absolute Gasteiger partial charge is 0.160 e. The van der Waals surface area contributed by atoms with E-state index >= 15 is 0 Å². The van der Waals surface area contributed by atoms with E-state index in [-0.39, 0.29) is 0 Å². The molecule has 2 aliphatic carbocycles. The Morgan fingerprint density at radius 1 is 0.279 bits per heavy atom. The monoisotopic (exact) mass is 772 g/mol. The van der Waals surface area contributed by atoms with Crippen molar-refractivity contribution in [3.63, 3.8) is 0 Å². The number of hydrogen-bond donors (Lipinski definition) is 0. The Morgan fingerprint density at radius 2 is 0.836 bits per heavy atom. The third-order valence-corrected chi connectivity index (χ3v) is 13.3. The van der Waals surface area contributed by atoms with Gasteiger partial charge in [0.25, 0.3) is 0 Å². The van der Waals surface area contributed by atoms with Gasteiger partial charge in [-0.05, 0) is 106 Å². The summed E-state index contributed by atoms with van der Waals surface area (Å²) in [5, 5.41) is 7.57. The van der Waals surface area contributed by atoms with Crippen LogP contribution in [0.4, 0.5) is 0 Å². The third-order valence-electron chi connectivity index (χ3n) is 13.3. The van der Waals surface area contributed by atoms with Gasteiger partial charge < -0.3 is 0 Å². The van der Waals surface area contributed by atoms with Crippen molar-refractivity contribution >= 4 is 32.3 Å².